The summed E-state index contributed by atoms with van der Waals surface area (Å²) in [5.41, 5.74) is 2.86. The van der Waals surface area contributed by atoms with Crippen molar-refractivity contribution in [2.24, 2.45) is 5.92 Å². The molecule has 0 aromatic heterocycles. The molecule has 0 radical (unpaired) electrons. The maximum atomic E-state index is 5.48. The first-order chi connectivity index (χ1) is 6.75. The molecule has 0 N–H and O–H groups in total. The normalized spacial score (nSPS) is 14.2. The van der Waals surface area contributed by atoms with Crippen molar-refractivity contribution >= 4 is 0 Å². The molecule has 0 spiro atoms. The van der Waals surface area contributed by atoms with Gasteiger partial charge in [-0.3, -0.25) is 0 Å². The predicted molar refractivity (Wildman–Crippen MR) is 58.8 cm³/mol. The van der Waals surface area contributed by atoms with Crippen LogP contribution >= 0.6 is 0 Å². The number of hydrogen-bond acceptors (Lipinski definition) is 1. The first-order valence-corrected chi connectivity index (χ1v) is 5.50. The van der Waals surface area contributed by atoms with Gasteiger partial charge in [-0.25, -0.2) is 0 Å². The minimum Gasteiger partial charge on any atom is -0.493 e. The molecule has 0 amide bonds. The highest BCUT2D eigenvalue weighted by Gasteiger charge is 2.11. The third-order valence-electron chi connectivity index (χ3n) is 2.76. The highest BCUT2D eigenvalue weighted by molar-refractivity contribution is 5.39. The standard InChI is InChI=1S/C13H18O/c1-10(2)3-4-11-5-6-13-12(9-11)7-8-14-13/h5-6,9-10H,3-4,7-8H2,1-2H3. The Morgan fingerprint density at radius 3 is 3.00 bits per heavy atom. The number of ether oxygens (including phenoxy) is 1. The van der Waals surface area contributed by atoms with Gasteiger partial charge in [-0.1, -0.05) is 26.0 Å². The van der Waals surface area contributed by atoms with Gasteiger partial charge in [0.2, 0.25) is 0 Å². The number of aryl methyl sites for hydroxylation is 1. The largest absolute Gasteiger partial charge is 0.493 e. The third kappa shape index (κ3) is 2.09. The zero-order chi connectivity index (χ0) is 9.97. The second-order valence-electron chi connectivity index (χ2n) is 4.47. The lowest BCUT2D eigenvalue weighted by molar-refractivity contribution is 0.357. The van der Waals surface area contributed by atoms with Crippen molar-refractivity contribution < 1.29 is 4.74 Å². The van der Waals surface area contributed by atoms with E-state index >= 15 is 0 Å². The maximum Gasteiger partial charge on any atom is 0.122 e. The van der Waals surface area contributed by atoms with E-state index in [1.54, 1.807) is 0 Å². The molecule has 1 aromatic carbocycles. The van der Waals surface area contributed by atoms with Gasteiger partial charge >= 0.3 is 0 Å². The van der Waals surface area contributed by atoms with Gasteiger partial charge in [-0.05, 0) is 36.0 Å². The molecule has 0 unspecified atom stereocenters. The van der Waals surface area contributed by atoms with E-state index in [0.29, 0.717) is 0 Å². The maximum absolute atomic E-state index is 5.48. The van der Waals surface area contributed by atoms with Gasteiger partial charge in [0, 0.05) is 6.42 Å². The topological polar surface area (TPSA) is 9.23 Å². The number of fused-ring (bicyclic) bond motifs is 1. The molecule has 1 heteroatoms. The molecule has 0 bridgehead atoms. The first kappa shape index (κ1) is 9.57. The Kier molecular flexibility index (Phi) is 2.76. The van der Waals surface area contributed by atoms with Crippen LogP contribution in [0.4, 0.5) is 0 Å². The lowest BCUT2D eigenvalue weighted by Gasteiger charge is -2.06. The minimum atomic E-state index is 0.791. The molecule has 0 saturated heterocycles. The Hall–Kier alpha value is -0.980. The lowest BCUT2D eigenvalue weighted by Crippen LogP contribution is -1.92. The number of hydrogen-bond donors (Lipinski definition) is 0. The van der Waals surface area contributed by atoms with Gasteiger partial charge in [-0.2, -0.15) is 0 Å². The van der Waals surface area contributed by atoms with Crippen molar-refractivity contribution in [2.45, 2.75) is 33.1 Å². The molecule has 1 nitrogen and oxygen atoms in total. The zero-order valence-electron chi connectivity index (χ0n) is 9.05. The predicted octanol–water partition coefficient (Wildman–Crippen LogP) is 3.21. The molecule has 1 heterocycles. The van der Waals surface area contributed by atoms with Crippen LogP contribution in [0.2, 0.25) is 0 Å². The third-order valence-corrected chi connectivity index (χ3v) is 2.76. The van der Waals surface area contributed by atoms with Crippen LogP contribution in [-0.4, -0.2) is 6.61 Å². The van der Waals surface area contributed by atoms with Crippen molar-refractivity contribution in [3.8, 4) is 5.75 Å². The fraction of sp³-hybridized carbons (Fsp3) is 0.538. The summed E-state index contributed by atoms with van der Waals surface area (Å²) >= 11 is 0. The molecule has 0 fully saturated rings. The van der Waals surface area contributed by atoms with Crippen LogP contribution in [0.15, 0.2) is 18.2 Å². The SMILES string of the molecule is CC(C)CCc1ccc2c(c1)CCO2. The fourth-order valence-electron chi connectivity index (χ4n) is 1.85. The van der Waals surface area contributed by atoms with E-state index in [-0.39, 0.29) is 0 Å². The summed E-state index contributed by atoms with van der Waals surface area (Å²) in [7, 11) is 0. The van der Waals surface area contributed by atoms with Crippen molar-refractivity contribution in [1.29, 1.82) is 0 Å². The zero-order valence-corrected chi connectivity index (χ0v) is 9.05. The molecule has 1 aromatic rings. The van der Waals surface area contributed by atoms with Crippen LogP contribution in [0.3, 0.4) is 0 Å². The lowest BCUT2D eigenvalue weighted by atomic mass is 10.0. The molecule has 0 aliphatic carbocycles. The van der Waals surface area contributed by atoms with Crippen molar-refractivity contribution in [3.05, 3.63) is 29.3 Å². The van der Waals surface area contributed by atoms with E-state index in [0.717, 1.165) is 24.7 Å². The Bertz CT molecular complexity index is 315. The monoisotopic (exact) mass is 190 g/mol. The molecule has 14 heavy (non-hydrogen) atoms. The van der Waals surface area contributed by atoms with E-state index in [1.807, 2.05) is 0 Å². The highest BCUT2D eigenvalue weighted by atomic mass is 16.5. The van der Waals surface area contributed by atoms with Crippen LogP contribution in [0.1, 0.15) is 31.4 Å². The summed E-state index contributed by atoms with van der Waals surface area (Å²) < 4.78 is 5.48. The summed E-state index contributed by atoms with van der Waals surface area (Å²) in [6, 6.07) is 6.63. The minimum absolute atomic E-state index is 0.791. The number of benzene rings is 1. The molecular weight excluding hydrogens is 172 g/mol. The van der Waals surface area contributed by atoms with Gasteiger partial charge in [0.25, 0.3) is 0 Å². The Balaban J connectivity index is 2.05. The van der Waals surface area contributed by atoms with Gasteiger partial charge in [0.05, 0.1) is 6.61 Å². The van der Waals surface area contributed by atoms with Crippen molar-refractivity contribution in [3.63, 3.8) is 0 Å². The Morgan fingerprint density at radius 1 is 1.36 bits per heavy atom. The van der Waals surface area contributed by atoms with E-state index in [9.17, 15) is 0 Å². The second kappa shape index (κ2) is 4.04. The summed E-state index contributed by atoms with van der Waals surface area (Å²) in [6.07, 6.45) is 3.56. The summed E-state index contributed by atoms with van der Waals surface area (Å²) in [5.74, 6) is 1.89. The van der Waals surface area contributed by atoms with Crippen LogP contribution in [-0.2, 0) is 12.8 Å². The van der Waals surface area contributed by atoms with Crippen LogP contribution in [0.5, 0.6) is 5.75 Å². The van der Waals surface area contributed by atoms with E-state index in [1.165, 1.54) is 24.0 Å². The van der Waals surface area contributed by atoms with Crippen molar-refractivity contribution in [1.82, 2.24) is 0 Å². The van der Waals surface area contributed by atoms with Crippen LogP contribution < -0.4 is 4.74 Å². The first-order valence-electron chi connectivity index (χ1n) is 5.50. The van der Waals surface area contributed by atoms with Gasteiger partial charge in [-0.15, -0.1) is 0 Å². The average Bonchev–Trinajstić information content (AvgIpc) is 2.61. The fourth-order valence-corrected chi connectivity index (χ4v) is 1.85. The summed E-state index contributed by atoms with van der Waals surface area (Å²) in [5, 5.41) is 0. The molecule has 0 saturated carbocycles. The second-order valence-corrected chi connectivity index (χ2v) is 4.47. The van der Waals surface area contributed by atoms with Gasteiger partial charge < -0.3 is 4.74 Å². The van der Waals surface area contributed by atoms with Gasteiger partial charge in [0.15, 0.2) is 0 Å². The van der Waals surface area contributed by atoms with E-state index in [2.05, 4.69) is 32.0 Å². The van der Waals surface area contributed by atoms with Crippen LogP contribution in [0, 0.1) is 5.92 Å². The summed E-state index contributed by atoms with van der Waals surface area (Å²) in [6.45, 7) is 5.41. The average molecular weight is 190 g/mol. The smallest absolute Gasteiger partial charge is 0.122 e. The molecule has 2 rings (SSSR count). The van der Waals surface area contributed by atoms with E-state index < -0.39 is 0 Å². The quantitative estimate of drug-likeness (QED) is 0.711. The summed E-state index contributed by atoms with van der Waals surface area (Å²) in [4.78, 5) is 0. The Morgan fingerprint density at radius 2 is 2.21 bits per heavy atom. The highest BCUT2D eigenvalue weighted by Crippen LogP contribution is 2.26. The van der Waals surface area contributed by atoms with Gasteiger partial charge in [0.1, 0.15) is 5.75 Å². The van der Waals surface area contributed by atoms with Crippen LogP contribution in [0.25, 0.3) is 0 Å². The Labute approximate surface area is 86.1 Å². The number of rotatable bonds is 3. The molecule has 0 atom stereocenters. The molecule has 76 valence electrons. The molecule has 1 aliphatic heterocycles. The molecule has 1 aliphatic rings. The van der Waals surface area contributed by atoms with Crippen molar-refractivity contribution in [2.75, 3.05) is 6.61 Å². The van der Waals surface area contributed by atoms with E-state index in [4.69, 9.17) is 4.74 Å². The molecular formula is C13H18O.